The van der Waals surface area contributed by atoms with Crippen molar-refractivity contribution in [3.63, 3.8) is 0 Å². The molecule has 0 unspecified atom stereocenters. The molecule has 0 aliphatic heterocycles. The molecular formula is C10H14ClF3N2O. The lowest BCUT2D eigenvalue weighted by Gasteiger charge is -2.15. The van der Waals surface area contributed by atoms with Crippen LogP contribution in [0.2, 0.25) is 0 Å². The molecule has 7 heteroatoms. The minimum Gasteiger partial charge on any atom is -0.508 e. The van der Waals surface area contributed by atoms with Gasteiger partial charge in [-0.25, -0.2) is 0 Å². The zero-order chi connectivity index (χ0) is 12.3. The third-order valence-electron chi connectivity index (χ3n) is 2.23. The smallest absolute Gasteiger partial charge is 0.416 e. The van der Waals surface area contributed by atoms with Crippen molar-refractivity contribution < 1.29 is 18.3 Å². The Kier molecular flexibility index (Phi) is 5.74. The highest BCUT2D eigenvalue weighted by atomic mass is 35.5. The van der Waals surface area contributed by atoms with Gasteiger partial charge in [0.15, 0.2) is 0 Å². The van der Waals surface area contributed by atoms with E-state index in [0.29, 0.717) is 6.42 Å². The molecule has 0 fully saturated rings. The Morgan fingerprint density at radius 3 is 2.35 bits per heavy atom. The lowest BCUT2D eigenvalue weighted by atomic mass is 10.0. The molecule has 1 aromatic carbocycles. The molecule has 0 bridgehead atoms. The molecular weight excluding hydrogens is 257 g/mol. The molecule has 1 atom stereocenters. The standard InChI is InChI=1S/C10H13F3N2O.ClH/c11-10(12,13)6-1-2-9(16)7(5-6)8(15)3-4-14;/h1-2,5,8,16H,3-4,14-15H2;1H/t8-;/m1./s1. The maximum absolute atomic E-state index is 12.4. The van der Waals surface area contributed by atoms with Crippen molar-refractivity contribution in [3.8, 4) is 5.75 Å². The van der Waals surface area contributed by atoms with Gasteiger partial charge in [0.1, 0.15) is 5.75 Å². The Morgan fingerprint density at radius 2 is 1.88 bits per heavy atom. The normalized spacial score (nSPS) is 13.0. The minimum absolute atomic E-state index is 0. The average Bonchev–Trinajstić information content (AvgIpc) is 2.16. The average molecular weight is 271 g/mol. The van der Waals surface area contributed by atoms with Crippen molar-refractivity contribution in [2.45, 2.75) is 18.6 Å². The number of benzene rings is 1. The summed E-state index contributed by atoms with van der Waals surface area (Å²) < 4.78 is 37.2. The fraction of sp³-hybridized carbons (Fsp3) is 0.400. The van der Waals surface area contributed by atoms with Gasteiger partial charge in [-0.1, -0.05) is 0 Å². The van der Waals surface area contributed by atoms with Gasteiger partial charge in [-0.2, -0.15) is 13.2 Å². The number of nitrogens with two attached hydrogens (primary N) is 2. The van der Waals surface area contributed by atoms with Crippen molar-refractivity contribution in [2.75, 3.05) is 6.54 Å². The van der Waals surface area contributed by atoms with E-state index in [0.717, 1.165) is 18.2 Å². The minimum atomic E-state index is -4.44. The van der Waals surface area contributed by atoms with Crippen molar-refractivity contribution in [1.29, 1.82) is 0 Å². The predicted octanol–water partition coefficient (Wildman–Crippen LogP) is 2.18. The summed E-state index contributed by atoms with van der Waals surface area (Å²) in [6.07, 6.45) is -4.13. The third-order valence-corrected chi connectivity index (χ3v) is 2.23. The second-order valence-corrected chi connectivity index (χ2v) is 3.46. The number of rotatable bonds is 3. The summed E-state index contributed by atoms with van der Waals surface area (Å²) in [5.41, 5.74) is 10.1. The van der Waals surface area contributed by atoms with Gasteiger partial charge >= 0.3 is 6.18 Å². The highest BCUT2D eigenvalue weighted by Crippen LogP contribution is 2.34. The Hall–Kier alpha value is -0.980. The van der Waals surface area contributed by atoms with Gasteiger partial charge in [-0.15, -0.1) is 12.4 Å². The molecule has 3 nitrogen and oxygen atoms in total. The van der Waals surface area contributed by atoms with Gasteiger partial charge < -0.3 is 16.6 Å². The SMILES string of the molecule is Cl.NCC[C@@H](N)c1cc(C(F)(F)F)ccc1O. The second kappa shape index (κ2) is 6.09. The van der Waals surface area contributed by atoms with Gasteiger partial charge in [0.05, 0.1) is 5.56 Å². The lowest BCUT2D eigenvalue weighted by molar-refractivity contribution is -0.137. The quantitative estimate of drug-likeness (QED) is 0.788. The van der Waals surface area contributed by atoms with Gasteiger partial charge in [0.2, 0.25) is 0 Å². The number of hydrogen-bond donors (Lipinski definition) is 3. The first-order chi connectivity index (χ1) is 7.36. The zero-order valence-electron chi connectivity index (χ0n) is 8.87. The molecule has 5 N–H and O–H groups in total. The summed E-state index contributed by atoms with van der Waals surface area (Å²) in [5, 5.41) is 9.41. The summed E-state index contributed by atoms with van der Waals surface area (Å²) in [5.74, 6) is -0.242. The van der Waals surface area contributed by atoms with Crippen LogP contribution >= 0.6 is 12.4 Å². The Morgan fingerprint density at radius 1 is 1.29 bits per heavy atom. The monoisotopic (exact) mass is 270 g/mol. The molecule has 0 heterocycles. The van der Waals surface area contributed by atoms with Crippen LogP contribution in [0.5, 0.6) is 5.75 Å². The van der Waals surface area contributed by atoms with E-state index in [1.165, 1.54) is 0 Å². The van der Waals surface area contributed by atoms with Crippen LogP contribution in [0.1, 0.15) is 23.6 Å². The van der Waals surface area contributed by atoms with E-state index >= 15 is 0 Å². The maximum atomic E-state index is 12.4. The first kappa shape index (κ1) is 16.0. The van der Waals surface area contributed by atoms with E-state index in [-0.39, 0.29) is 30.3 Å². The summed E-state index contributed by atoms with van der Waals surface area (Å²) in [6, 6.07) is 1.98. The van der Waals surface area contributed by atoms with Crippen molar-refractivity contribution in [1.82, 2.24) is 0 Å². The first-order valence-corrected chi connectivity index (χ1v) is 4.72. The molecule has 0 radical (unpaired) electrons. The zero-order valence-corrected chi connectivity index (χ0v) is 9.68. The van der Waals surface area contributed by atoms with Crippen molar-refractivity contribution >= 4 is 12.4 Å². The van der Waals surface area contributed by atoms with Crippen LogP contribution in [0.4, 0.5) is 13.2 Å². The molecule has 1 aromatic rings. The van der Waals surface area contributed by atoms with Crippen LogP contribution in [0.15, 0.2) is 18.2 Å². The van der Waals surface area contributed by atoms with Gasteiger partial charge in [-0.3, -0.25) is 0 Å². The van der Waals surface area contributed by atoms with Crippen LogP contribution in [0, 0.1) is 0 Å². The van der Waals surface area contributed by atoms with Gasteiger partial charge in [-0.05, 0) is 31.2 Å². The molecule has 0 saturated carbocycles. The molecule has 0 aliphatic rings. The number of hydrogen-bond acceptors (Lipinski definition) is 3. The molecule has 0 saturated heterocycles. The van der Waals surface area contributed by atoms with Crippen LogP contribution in [0.25, 0.3) is 0 Å². The lowest BCUT2D eigenvalue weighted by Crippen LogP contribution is -2.16. The van der Waals surface area contributed by atoms with E-state index in [4.69, 9.17) is 11.5 Å². The molecule has 0 aromatic heterocycles. The van der Waals surface area contributed by atoms with E-state index in [2.05, 4.69) is 0 Å². The van der Waals surface area contributed by atoms with E-state index < -0.39 is 17.8 Å². The van der Waals surface area contributed by atoms with Gasteiger partial charge in [0, 0.05) is 11.6 Å². The van der Waals surface area contributed by atoms with E-state index in [9.17, 15) is 18.3 Å². The van der Waals surface area contributed by atoms with Crippen LogP contribution in [-0.2, 0) is 6.18 Å². The molecule has 0 aliphatic carbocycles. The number of phenolic OH excluding ortho intramolecular Hbond substituents is 1. The maximum Gasteiger partial charge on any atom is 0.416 e. The number of alkyl halides is 3. The molecule has 0 spiro atoms. The first-order valence-electron chi connectivity index (χ1n) is 4.72. The molecule has 1 rings (SSSR count). The topological polar surface area (TPSA) is 72.3 Å². The molecule has 17 heavy (non-hydrogen) atoms. The van der Waals surface area contributed by atoms with Crippen molar-refractivity contribution in [3.05, 3.63) is 29.3 Å². The Labute approximate surface area is 103 Å². The number of aromatic hydroxyl groups is 1. The van der Waals surface area contributed by atoms with E-state index in [1.54, 1.807) is 0 Å². The predicted molar refractivity (Wildman–Crippen MR) is 61.0 cm³/mol. The van der Waals surface area contributed by atoms with Crippen LogP contribution < -0.4 is 11.5 Å². The fourth-order valence-electron chi connectivity index (χ4n) is 1.36. The summed E-state index contributed by atoms with van der Waals surface area (Å²) in [4.78, 5) is 0. The van der Waals surface area contributed by atoms with Gasteiger partial charge in [0.25, 0.3) is 0 Å². The fourth-order valence-corrected chi connectivity index (χ4v) is 1.36. The summed E-state index contributed by atoms with van der Waals surface area (Å²) >= 11 is 0. The summed E-state index contributed by atoms with van der Waals surface area (Å²) in [7, 11) is 0. The highest BCUT2D eigenvalue weighted by Gasteiger charge is 2.31. The number of halogens is 4. The summed E-state index contributed by atoms with van der Waals surface area (Å²) in [6.45, 7) is 0.247. The molecule has 98 valence electrons. The largest absolute Gasteiger partial charge is 0.508 e. The van der Waals surface area contributed by atoms with Crippen LogP contribution in [0.3, 0.4) is 0 Å². The molecule has 0 amide bonds. The Balaban J connectivity index is 0.00000256. The second-order valence-electron chi connectivity index (χ2n) is 3.46. The van der Waals surface area contributed by atoms with E-state index in [1.807, 2.05) is 0 Å². The Bertz CT molecular complexity index is 371. The number of phenols is 1. The van der Waals surface area contributed by atoms with Crippen LogP contribution in [-0.4, -0.2) is 11.7 Å². The third kappa shape index (κ3) is 4.07. The highest BCUT2D eigenvalue weighted by molar-refractivity contribution is 5.85. The van der Waals surface area contributed by atoms with Crippen molar-refractivity contribution in [2.24, 2.45) is 11.5 Å².